The maximum absolute atomic E-state index is 12.9. The number of aromatic nitrogens is 3. The average molecular weight is 355 g/mol. The summed E-state index contributed by atoms with van der Waals surface area (Å²) in [6.07, 6.45) is 2.27. The number of rotatable bonds is 6. The van der Waals surface area contributed by atoms with Crippen molar-refractivity contribution in [1.29, 1.82) is 5.41 Å². The van der Waals surface area contributed by atoms with E-state index in [2.05, 4.69) is 10.3 Å². The zero-order chi connectivity index (χ0) is 18.7. The minimum atomic E-state index is -0.377. The Hall–Kier alpha value is -3.00. The van der Waals surface area contributed by atoms with Gasteiger partial charge in [-0.25, -0.2) is 4.98 Å². The van der Waals surface area contributed by atoms with E-state index in [0.29, 0.717) is 42.8 Å². The van der Waals surface area contributed by atoms with Crippen LogP contribution in [-0.2, 0) is 11.3 Å². The highest BCUT2D eigenvalue weighted by Crippen LogP contribution is 2.11. The Morgan fingerprint density at radius 1 is 1.38 bits per heavy atom. The first-order valence-corrected chi connectivity index (χ1v) is 8.45. The van der Waals surface area contributed by atoms with Gasteiger partial charge in [0, 0.05) is 33.0 Å². The molecule has 3 heterocycles. The average Bonchev–Trinajstić information content (AvgIpc) is 2.64. The molecular weight excluding hydrogens is 334 g/mol. The number of hydrogen-bond donors (Lipinski definition) is 2. The van der Waals surface area contributed by atoms with Gasteiger partial charge in [-0.3, -0.25) is 19.4 Å². The van der Waals surface area contributed by atoms with E-state index in [9.17, 15) is 9.59 Å². The van der Waals surface area contributed by atoms with Gasteiger partial charge in [0.05, 0.1) is 10.9 Å². The van der Waals surface area contributed by atoms with Crippen molar-refractivity contribution in [1.82, 2.24) is 19.3 Å². The SMILES string of the molecule is CCNC(=O)c1cc2c(=O)n3ccccc3nc2n(CCCOC)c1=N. The molecule has 0 spiro atoms. The molecule has 0 saturated heterocycles. The van der Waals surface area contributed by atoms with Crippen LogP contribution in [0.4, 0.5) is 0 Å². The Morgan fingerprint density at radius 3 is 2.92 bits per heavy atom. The van der Waals surface area contributed by atoms with Gasteiger partial charge < -0.3 is 14.6 Å². The third-order valence-electron chi connectivity index (χ3n) is 4.13. The molecule has 0 atom stereocenters. The lowest BCUT2D eigenvalue weighted by Crippen LogP contribution is -2.35. The van der Waals surface area contributed by atoms with Crippen LogP contribution in [0.3, 0.4) is 0 Å². The molecule has 0 fully saturated rings. The molecule has 0 unspecified atom stereocenters. The van der Waals surface area contributed by atoms with Gasteiger partial charge in [-0.05, 0) is 31.5 Å². The second-order valence-corrected chi connectivity index (χ2v) is 5.85. The number of fused-ring (bicyclic) bond motifs is 2. The molecule has 2 N–H and O–H groups in total. The summed E-state index contributed by atoms with van der Waals surface area (Å²) in [5, 5.41) is 11.5. The number of carbonyl (C=O) groups excluding carboxylic acids is 1. The first kappa shape index (κ1) is 17.8. The van der Waals surface area contributed by atoms with Crippen LogP contribution in [0, 0.1) is 5.41 Å². The predicted octanol–water partition coefficient (Wildman–Crippen LogP) is 0.915. The van der Waals surface area contributed by atoms with Crippen LogP contribution in [0.5, 0.6) is 0 Å². The largest absolute Gasteiger partial charge is 0.385 e. The van der Waals surface area contributed by atoms with Gasteiger partial charge in [0.1, 0.15) is 16.8 Å². The van der Waals surface area contributed by atoms with Crippen LogP contribution in [0.25, 0.3) is 16.7 Å². The van der Waals surface area contributed by atoms with Crippen molar-refractivity contribution in [3.05, 3.63) is 51.9 Å². The third-order valence-corrected chi connectivity index (χ3v) is 4.13. The summed E-state index contributed by atoms with van der Waals surface area (Å²) in [6, 6.07) is 6.75. The molecule has 8 nitrogen and oxygen atoms in total. The van der Waals surface area contributed by atoms with E-state index in [0.717, 1.165) is 0 Å². The van der Waals surface area contributed by atoms with E-state index in [1.807, 2.05) is 0 Å². The quantitative estimate of drug-likeness (QED) is 0.507. The summed E-state index contributed by atoms with van der Waals surface area (Å²) < 4.78 is 8.13. The van der Waals surface area contributed by atoms with Crippen molar-refractivity contribution in [2.75, 3.05) is 20.3 Å². The number of nitrogens with zero attached hydrogens (tertiary/aromatic N) is 3. The molecule has 0 aliphatic heterocycles. The molecule has 3 aromatic rings. The second kappa shape index (κ2) is 7.49. The van der Waals surface area contributed by atoms with Gasteiger partial charge in [0.2, 0.25) is 0 Å². The molecule has 1 amide bonds. The molecule has 0 saturated carbocycles. The molecule has 3 aromatic heterocycles. The number of amides is 1. The molecular formula is C18H21N5O3. The Balaban J connectivity index is 2.34. The minimum Gasteiger partial charge on any atom is -0.385 e. The van der Waals surface area contributed by atoms with Crippen molar-refractivity contribution in [2.45, 2.75) is 19.9 Å². The van der Waals surface area contributed by atoms with E-state index in [1.165, 1.54) is 10.5 Å². The summed E-state index contributed by atoms with van der Waals surface area (Å²) in [6.45, 7) is 3.17. The number of nitrogens with one attached hydrogen (secondary N) is 2. The maximum Gasteiger partial charge on any atom is 0.267 e. The number of ether oxygens (including phenoxy) is 1. The monoisotopic (exact) mass is 355 g/mol. The van der Waals surface area contributed by atoms with Crippen LogP contribution in [-0.4, -0.2) is 40.1 Å². The molecule has 3 rings (SSSR count). The van der Waals surface area contributed by atoms with Crippen LogP contribution >= 0.6 is 0 Å². The molecule has 0 bridgehead atoms. The molecule has 0 aliphatic rings. The van der Waals surface area contributed by atoms with Crippen molar-refractivity contribution in [2.24, 2.45) is 0 Å². The van der Waals surface area contributed by atoms with E-state index >= 15 is 0 Å². The smallest absolute Gasteiger partial charge is 0.267 e. The fraction of sp³-hybridized carbons (Fsp3) is 0.333. The van der Waals surface area contributed by atoms with E-state index in [1.54, 1.807) is 43.0 Å². The summed E-state index contributed by atoms with van der Waals surface area (Å²) in [5.41, 5.74) is 0.820. The molecule has 8 heteroatoms. The van der Waals surface area contributed by atoms with Gasteiger partial charge in [-0.1, -0.05) is 6.07 Å². The van der Waals surface area contributed by atoms with Gasteiger partial charge in [0.15, 0.2) is 0 Å². The predicted molar refractivity (Wildman–Crippen MR) is 97.3 cm³/mol. The summed E-state index contributed by atoms with van der Waals surface area (Å²) >= 11 is 0. The Bertz CT molecular complexity index is 1080. The lowest BCUT2D eigenvalue weighted by Gasteiger charge is -2.14. The van der Waals surface area contributed by atoms with E-state index in [4.69, 9.17) is 10.1 Å². The van der Waals surface area contributed by atoms with E-state index in [-0.39, 0.29) is 22.5 Å². The molecule has 0 aromatic carbocycles. The van der Waals surface area contributed by atoms with Crippen molar-refractivity contribution in [3.63, 3.8) is 0 Å². The summed E-state index contributed by atoms with van der Waals surface area (Å²) in [7, 11) is 1.60. The number of aryl methyl sites for hydroxylation is 1. The maximum atomic E-state index is 12.9. The lowest BCUT2D eigenvalue weighted by molar-refractivity contribution is 0.0953. The Morgan fingerprint density at radius 2 is 2.19 bits per heavy atom. The number of carbonyl (C=O) groups is 1. The highest BCUT2D eigenvalue weighted by molar-refractivity contribution is 5.96. The zero-order valence-electron chi connectivity index (χ0n) is 14.8. The highest BCUT2D eigenvalue weighted by Gasteiger charge is 2.16. The third kappa shape index (κ3) is 3.11. The van der Waals surface area contributed by atoms with Crippen molar-refractivity contribution in [3.8, 4) is 0 Å². The van der Waals surface area contributed by atoms with Crippen LogP contribution in [0.15, 0.2) is 35.3 Å². The first-order chi connectivity index (χ1) is 12.6. The van der Waals surface area contributed by atoms with E-state index < -0.39 is 0 Å². The molecule has 136 valence electrons. The van der Waals surface area contributed by atoms with Crippen molar-refractivity contribution >= 4 is 22.6 Å². The Labute approximate surface area is 149 Å². The fourth-order valence-electron chi connectivity index (χ4n) is 2.90. The second-order valence-electron chi connectivity index (χ2n) is 5.85. The standard InChI is InChI=1S/C18H21N5O3/c1-3-20-17(24)12-11-13-16(23(15(12)19)9-6-10-26-2)21-14-7-4-5-8-22(14)18(13)25/h4-5,7-8,11,19H,3,6,9-10H2,1-2H3,(H,20,24). The summed E-state index contributed by atoms with van der Waals surface area (Å²) in [4.78, 5) is 29.8. The molecule has 26 heavy (non-hydrogen) atoms. The number of pyridine rings is 2. The minimum absolute atomic E-state index is 0.0340. The van der Waals surface area contributed by atoms with Crippen LogP contribution < -0.4 is 16.4 Å². The van der Waals surface area contributed by atoms with Gasteiger partial charge in [-0.2, -0.15) is 0 Å². The van der Waals surface area contributed by atoms with Crippen LogP contribution in [0.1, 0.15) is 23.7 Å². The summed E-state index contributed by atoms with van der Waals surface area (Å²) in [5.74, 6) is -0.377. The van der Waals surface area contributed by atoms with Crippen molar-refractivity contribution < 1.29 is 9.53 Å². The number of methoxy groups -OCH3 is 1. The van der Waals surface area contributed by atoms with Gasteiger partial charge >= 0.3 is 0 Å². The molecule has 0 radical (unpaired) electrons. The number of hydrogen-bond acceptors (Lipinski definition) is 5. The zero-order valence-corrected chi connectivity index (χ0v) is 14.8. The van der Waals surface area contributed by atoms with Gasteiger partial charge in [-0.15, -0.1) is 0 Å². The topological polar surface area (TPSA) is 101 Å². The van der Waals surface area contributed by atoms with Crippen LogP contribution in [0.2, 0.25) is 0 Å². The Kier molecular flexibility index (Phi) is 5.13. The fourth-order valence-corrected chi connectivity index (χ4v) is 2.90. The first-order valence-electron chi connectivity index (χ1n) is 8.45. The highest BCUT2D eigenvalue weighted by atomic mass is 16.5. The van der Waals surface area contributed by atoms with Gasteiger partial charge in [0.25, 0.3) is 11.5 Å². The normalized spacial score (nSPS) is 11.2. The molecule has 0 aliphatic carbocycles. The lowest BCUT2D eigenvalue weighted by atomic mass is 10.2.